The van der Waals surface area contributed by atoms with Crippen molar-refractivity contribution in [1.82, 2.24) is 5.32 Å². The van der Waals surface area contributed by atoms with Crippen molar-refractivity contribution in [2.45, 2.75) is 39.3 Å². The quantitative estimate of drug-likeness (QED) is 0.888. The van der Waals surface area contributed by atoms with E-state index in [9.17, 15) is 9.18 Å². The number of carbonyl (C=O) groups excluding carboxylic acids is 1. The first-order valence-electron chi connectivity index (χ1n) is 5.63. The highest BCUT2D eigenvalue weighted by molar-refractivity contribution is 9.10. The molecule has 0 aromatic heterocycles. The molecule has 0 radical (unpaired) electrons. The second-order valence-corrected chi connectivity index (χ2v) is 5.95. The average molecular weight is 318 g/mol. The Morgan fingerprint density at radius 2 is 2.06 bits per heavy atom. The molecule has 0 bridgehead atoms. The lowest BCUT2D eigenvalue weighted by Crippen LogP contribution is -2.34. The Kier molecular flexibility index (Phi) is 4.73. The molecular weight excluding hydrogens is 301 g/mol. The second-order valence-electron chi connectivity index (χ2n) is 5.03. The lowest BCUT2D eigenvalue weighted by molar-refractivity contribution is 0.0507. The molecule has 0 unspecified atom stereocenters. The number of hydrogen-bond acceptors (Lipinski definition) is 2. The van der Waals surface area contributed by atoms with Gasteiger partial charge in [-0.25, -0.2) is 9.18 Å². The summed E-state index contributed by atoms with van der Waals surface area (Å²) in [5.74, 6) is -0.368. The second kappa shape index (κ2) is 5.69. The van der Waals surface area contributed by atoms with Crippen molar-refractivity contribution in [3.05, 3.63) is 34.1 Å². The maximum absolute atomic E-state index is 13.7. The fraction of sp³-hybridized carbons (Fsp3) is 0.462. The fourth-order valence-electron chi connectivity index (χ4n) is 1.41. The largest absolute Gasteiger partial charge is 0.444 e. The van der Waals surface area contributed by atoms with Crippen molar-refractivity contribution < 1.29 is 13.9 Å². The van der Waals surface area contributed by atoms with Gasteiger partial charge in [0.2, 0.25) is 0 Å². The highest BCUT2D eigenvalue weighted by Crippen LogP contribution is 2.21. The number of amides is 1. The Hall–Kier alpha value is -1.10. The molecular formula is C13H17BrFNO2. The summed E-state index contributed by atoms with van der Waals surface area (Å²) in [6.07, 6.45) is -0.558. The lowest BCUT2D eigenvalue weighted by Gasteiger charge is -2.22. The molecule has 0 spiro atoms. The van der Waals surface area contributed by atoms with E-state index >= 15 is 0 Å². The van der Waals surface area contributed by atoms with Crippen molar-refractivity contribution in [2.75, 3.05) is 0 Å². The molecule has 100 valence electrons. The van der Waals surface area contributed by atoms with E-state index in [2.05, 4.69) is 21.2 Å². The number of nitrogens with one attached hydrogen (secondary N) is 1. The van der Waals surface area contributed by atoms with Gasteiger partial charge in [-0.05, 0) is 39.8 Å². The zero-order valence-electron chi connectivity index (χ0n) is 10.9. The summed E-state index contributed by atoms with van der Waals surface area (Å²) in [5.41, 5.74) is -0.147. The van der Waals surface area contributed by atoms with E-state index in [0.717, 1.165) is 0 Å². The van der Waals surface area contributed by atoms with Crippen LogP contribution in [0.5, 0.6) is 0 Å². The summed E-state index contributed by atoms with van der Waals surface area (Å²) in [4.78, 5) is 11.6. The van der Waals surface area contributed by atoms with Gasteiger partial charge in [0, 0.05) is 10.0 Å². The first-order chi connectivity index (χ1) is 8.19. The molecule has 0 saturated carbocycles. The Labute approximate surface area is 115 Å². The molecule has 0 fully saturated rings. The van der Waals surface area contributed by atoms with E-state index in [-0.39, 0.29) is 5.82 Å². The topological polar surface area (TPSA) is 38.3 Å². The molecule has 1 rings (SSSR count). The highest BCUT2D eigenvalue weighted by atomic mass is 79.9. The number of halogens is 2. The van der Waals surface area contributed by atoms with E-state index in [1.807, 2.05) is 0 Å². The number of ether oxygens (including phenoxy) is 1. The molecule has 3 nitrogen and oxygen atoms in total. The van der Waals surface area contributed by atoms with Gasteiger partial charge in [-0.15, -0.1) is 0 Å². The minimum atomic E-state index is -0.567. The van der Waals surface area contributed by atoms with Gasteiger partial charge in [0.1, 0.15) is 11.4 Å². The third-order valence-corrected chi connectivity index (χ3v) is 2.66. The van der Waals surface area contributed by atoms with Crippen LogP contribution in [0.4, 0.5) is 9.18 Å². The minimum absolute atomic E-state index is 0.368. The van der Waals surface area contributed by atoms with Crippen molar-refractivity contribution in [3.63, 3.8) is 0 Å². The zero-order valence-corrected chi connectivity index (χ0v) is 12.5. The summed E-state index contributed by atoms with van der Waals surface area (Å²) in [7, 11) is 0. The predicted octanol–water partition coefficient (Wildman–Crippen LogP) is 4.17. The third-order valence-electron chi connectivity index (χ3n) is 2.16. The maximum atomic E-state index is 13.7. The Balaban J connectivity index is 2.71. The summed E-state index contributed by atoms with van der Waals surface area (Å²) >= 11 is 3.18. The summed E-state index contributed by atoms with van der Waals surface area (Å²) in [6, 6.07) is 4.27. The van der Waals surface area contributed by atoms with E-state index in [1.54, 1.807) is 39.8 Å². The van der Waals surface area contributed by atoms with Crippen LogP contribution in [0.25, 0.3) is 0 Å². The zero-order chi connectivity index (χ0) is 13.9. The number of rotatable bonds is 2. The molecule has 1 N–H and O–H groups in total. The van der Waals surface area contributed by atoms with Gasteiger partial charge in [0.15, 0.2) is 0 Å². The van der Waals surface area contributed by atoms with E-state index in [1.165, 1.54) is 6.07 Å². The van der Waals surface area contributed by atoms with Crippen LogP contribution in [0.3, 0.4) is 0 Å². The van der Waals surface area contributed by atoms with Crippen molar-refractivity contribution in [1.29, 1.82) is 0 Å². The molecule has 0 aliphatic rings. The van der Waals surface area contributed by atoms with Gasteiger partial charge in [0.25, 0.3) is 0 Å². The van der Waals surface area contributed by atoms with Crippen LogP contribution < -0.4 is 5.32 Å². The van der Waals surface area contributed by atoms with Crippen molar-refractivity contribution in [3.8, 4) is 0 Å². The SMILES string of the molecule is C[C@@H](NC(=O)OC(C)(C)C)c1ccc(Br)cc1F. The van der Waals surface area contributed by atoms with Crippen LogP contribution in [0.15, 0.2) is 22.7 Å². The van der Waals surface area contributed by atoms with Gasteiger partial charge >= 0.3 is 6.09 Å². The maximum Gasteiger partial charge on any atom is 0.408 e. The van der Waals surface area contributed by atoms with Crippen LogP contribution in [0.1, 0.15) is 39.3 Å². The van der Waals surface area contributed by atoms with Gasteiger partial charge in [-0.2, -0.15) is 0 Å². The number of benzene rings is 1. The Bertz CT molecular complexity index is 443. The first kappa shape index (κ1) is 15.0. The number of hydrogen-bond donors (Lipinski definition) is 1. The van der Waals surface area contributed by atoms with Crippen LogP contribution in [-0.4, -0.2) is 11.7 Å². The summed E-state index contributed by atoms with van der Waals surface area (Å²) in [6.45, 7) is 7.03. The fourth-order valence-corrected chi connectivity index (χ4v) is 1.75. The highest BCUT2D eigenvalue weighted by Gasteiger charge is 2.19. The molecule has 0 heterocycles. The standard InChI is InChI=1S/C13H17BrFNO2/c1-8(16-12(17)18-13(2,3)4)10-6-5-9(14)7-11(10)15/h5-8H,1-4H3,(H,16,17)/t8-/m1/s1. The average Bonchev–Trinajstić information content (AvgIpc) is 2.13. The molecule has 0 aliphatic heterocycles. The normalized spacial score (nSPS) is 13.0. The lowest BCUT2D eigenvalue weighted by atomic mass is 10.1. The van der Waals surface area contributed by atoms with Crippen molar-refractivity contribution in [2.24, 2.45) is 0 Å². The van der Waals surface area contributed by atoms with Crippen molar-refractivity contribution >= 4 is 22.0 Å². The van der Waals surface area contributed by atoms with Gasteiger partial charge in [0.05, 0.1) is 6.04 Å². The summed E-state index contributed by atoms with van der Waals surface area (Å²) in [5, 5.41) is 2.60. The van der Waals surface area contributed by atoms with E-state index in [0.29, 0.717) is 10.0 Å². The summed E-state index contributed by atoms with van der Waals surface area (Å²) < 4.78 is 19.4. The van der Waals surface area contributed by atoms with Gasteiger partial charge < -0.3 is 10.1 Å². The number of carbonyl (C=O) groups is 1. The molecule has 1 atom stereocenters. The molecule has 5 heteroatoms. The Morgan fingerprint density at radius 3 is 2.56 bits per heavy atom. The van der Waals surface area contributed by atoms with Crippen LogP contribution in [0, 0.1) is 5.82 Å². The van der Waals surface area contributed by atoms with E-state index in [4.69, 9.17) is 4.74 Å². The molecule has 0 saturated heterocycles. The van der Waals surface area contributed by atoms with E-state index < -0.39 is 17.7 Å². The smallest absolute Gasteiger partial charge is 0.408 e. The first-order valence-corrected chi connectivity index (χ1v) is 6.43. The van der Waals surface area contributed by atoms with Crippen LogP contribution in [0.2, 0.25) is 0 Å². The monoisotopic (exact) mass is 317 g/mol. The Morgan fingerprint density at radius 1 is 1.44 bits per heavy atom. The molecule has 0 aliphatic carbocycles. The van der Waals surface area contributed by atoms with Gasteiger partial charge in [-0.1, -0.05) is 22.0 Å². The molecule has 18 heavy (non-hydrogen) atoms. The predicted molar refractivity (Wildman–Crippen MR) is 71.9 cm³/mol. The van der Waals surface area contributed by atoms with Crippen LogP contribution in [-0.2, 0) is 4.74 Å². The molecule has 1 amide bonds. The van der Waals surface area contributed by atoms with Gasteiger partial charge in [-0.3, -0.25) is 0 Å². The third kappa shape index (κ3) is 4.64. The van der Waals surface area contributed by atoms with Crippen LogP contribution >= 0.6 is 15.9 Å². The minimum Gasteiger partial charge on any atom is -0.444 e. The molecule has 1 aromatic rings. The number of alkyl carbamates (subject to hydrolysis) is 1. The molecule has 1 aromatic carbocycles.